The second-order valence-corrected chi connectivity index (χ2v) is 19.5. The van der Waals surface area contributed by atoms with Gasteiger partial charge in [0.15, 0.2) is 6.29 Å². The number of unbranched alkanes of at least 4 members (excludes halogenated alkanes) is 17. The third-order valence-corrected chi connectivity index (χ3v) is 13.9. The number of hydrogen-bond acceptors (Lipinski definition) is 16. The van der Waals surface area contributed by atoms with Gasteiger partial charge in [0.25, 0.3) is 11.8 Å². The molecule has 2 heterocycles. The van der Waals surface area contributed by atoms with Crippen molar-refractivity contribution in [3.05, 3.63) is 41.5 Å². The molecule has 2 aliphatic heterocycles. The van der Waals surface area contributed by atoms with Crippen LogP contribution in [0.2, 0.25) is 0 Å². The van der Waals surface area contributed by atoms with Crippen molar-refractivity contribution in [3.63, 3.8) is 0 Å². The molecule has 9 atom stereocenters. The second-order valence-electron chi connectivity index (χ2n) is 18.1. The van der Waals surface area contributed by atoms with E-state index in [4.69, 9.17) is 9.47 Å². The first-order chi connectivity index (χ1) is 32.1. The minimum atomic E-state index is -4.85. The number of carbonyl (C=O) groups is 3. The number of nitrogens with zero attached hydrogens (tertiary/aromatic N) is 2. The van der Waals surface area contributed by atoms with Gasteiger partial charge in [0, 0.05) is 48.0 Å². The molecule has 18 nitrogen and oxygen atoms in total. The minimum Gasteiger partial charge on any atom is -0.744 e. The molecule has 0 saturated carbocycles. The van der Waals surface area contributed by atoms with Gasteiger partial charge in [-0.1, -0.05) is 122 Å². The fourth-order valence-corrected chi connectivity index (χ4v) is 9.65. The van der Waals surface area contributed by atoms with Crippen molar-refractivity contribution in [2.45, 2.75) is 195 Å². The molecule has 68 heavy (non-hydrogen) atoms. The first-order valence-electron chi connectivity index (χ1n) is 24.3. The number of aliphatic hydroxyl groups excluding tert-OH is 8. The van der Waals surface area contributed by atoms with Crippen molar-refractivity contribution in [2.75, 3.05) is 32.8 Å². The van der Waals surface area contributed by atoms with Gasteiger partial charge in [0.1, 0.15) is 58.9 Å². The van der Waals surface area contributed by atoms with Crippen LogP contribution in [0.25, 0.3) is 10.8 Å². The zero-order valence-corrected chi connectivity index (χ0v) is 42.7. The van der Waals surface area contributed by atoms with Gasteiger partial charge in [0.05, 0.1) is 18.1 Å². The van der Waals surface area contributed by atoms with E-state index < -0.39 is 95.2 Å². The predicted molar refractivity (Wildman–Crippen MR) is 246 cm³/mol. The Labute approximate surface area is 423 Å². The third-order valence-electron chi connectivity index (χ3n) is 13.0. The van der Waals surface area contributed by atoms with E-state index in [0.717, 1.165) is 49.5 Å². The van der Waals surface area contributed by atoms with Gasteiger partial charge in [-0.2, -0.15) is 0 Å². The van der Waals surface area contributed by atoms with Gasteiger partial charge in [-0.15, -0.1) is 0 Å². The Morgan fingerprint density at radius 3 is 1.85 bits per heavy atom. The van der Waals surface area contributed by atoms with Crippen LogP contribution in [0.4, 0.5) is 0 Å². The summed E-state index contributed by atoms with van der Waals surface area (Å²) < 4.78 is 46.5. The molecule has 0 bridgehead atoms. The van der Waals surface area contributed by atoms with Gasteiger partial charge >= 0.3 is 29.6 Å². The number of amides is 3. The van der Waals surface area contributed by atoms with Gasteiger partial charge < -0.3 is 59.8 Å². The van der Waals surface area contributed by atoms with Crippen molar-refractivity contribution >= 4 is 38.6 Å². The molecule has 380 valence electrons. The molecule has 4 rings (SSSR count). The van der Waals surface area contributed by atoms with E-state index in [0.29, 0.717) is 32.1 Å². The summed E-state index contributed by atoms with van der Waals surface area (Å²) in [5.41, 5.74) is 0.287. The maximum Gasteiger partial charge on any atom is 1.00 e. The van der Waals surface area contributed by atoms with Gasteiger partial charge in [0.2, 0.25) is 5.91 Å². The zero-order chi connectivity index (χ0) is 49.1. The molecular weight excluding hydrogens is 916 g/mol. The summed E-state index contributed by atoms with van der Waals surface area (Å²) in [4.78, 5) is 42.5. The summed E-state index contributed by atoms with van der Waals surface area (Å²) in [5.74, 6) is -1.39. The molecule has 0 spiro atoms. The van der Waals surface area contributed by atoms with E-state index in [9.17, 15) is 68.2 Å². The number of imide groups is 1. The van der Waals surface area contributed by atoms with Gasteiger partial charge in [-0.05, 0) is 37.5 Å². The molecule has 8 N–H and O–H groups in total. The quantitative estimate of drug-likeness (QED) is 0.0206. The molecule has 2 aromatic carbocycles. The van der Waals surface area contributed by atoms with Crippen LogP contribution in [0, 0.1) is 0 Å². The topological polar surface area (TPSA) is 295 Å². The second kappa shape index (κ2) is 30.6. The fourth-order valence-electron chi connectivity index (χ4n) is 8.98. The number of hydrogen-bond donors (Lipinski definition) is 8. The van der Waals surface area contributed by atoms with Crippen molar-refractivity contribution < 1.29 is 107 Å². The van der Waals surface area contributed by atoms with E-state index in [1.165, 1.54) is 80.5 Å². The van der Waals surface area contributed by atoms with Gasteiger partial charge in [-0.25, -0.2) is 8.42 Å². The van der Waals surface area contributed by atoms with Crippen molar-refractivity contribution in [1.29, 1.82) is 0 Å². The summed E-state index contributed by atoms with van der Waals surface area (Å²) >= 11 is 0. The Bertz CT molecular complexity index is 1940. The maximum atomic E-state index is 13.6. The first kappa shape index (κ1) is 60.1. The van der Waals surface area contributed by atoms with Crippen LogP contribution in [0.1, 0.15) is 156 Å². The Morgan fingerprint density at radius 1 is 0.750 bits per heavy atom. The summed E-state index contributed by atoms with van der Waals surface area (Å²) in [5, 5.41) is 83.5. The molecule has 2 aromatic rings. The SMILES string of the molecule is CCCCCCCCCCCCCCCC(=O)N(CCCCCCCCN1C(=O)c2cccc3c(S(=O)(=O)[O-])ccc(c23)C1=O)C[C@H](O)[C@@H](O)[C@H](O[C@@H]1O[C@H](CO)[C@H](O)[C@H](O)[C@H]1O)[C@H](O)CO.[Na+]. The normalized spacial score (nSPS) is 21.4. The van der Waals surface area contributed by atoms with Crippen molar-refractivity contribution in [3.8, 4) is 0 Å². The van der Waals surface area contributed by atoms with Gasteiger partial charge in [-0.3, -0.25) is 19.3 Å². The van der Waals surface area contributed by atoms with Crippen molar-refractivity contribution in [1.82, 2.24) is 9.80 Å². The average molecular weight is 991 g/mol. The number of ether oxygens (including phenoxy) is 2. The smallest absolute Gasteiger partial charge is 0.744 e. The van der Waals surface area contributed by atoms with E-state index >= 15 is 0 Å². The Balaban J connectivity index is 0.0000122. The van der Waals surface area contributed by atoms with Crippen LogP contribution in [-0.2, 0) is 24.4 Å². The molecule has 0 radical (unpaired) electrons. The standard InChI is InChI=1S/C48H76N2O16S.Na/c1-2-3-4-5-6-7-8-9-10-11-12-15-18-24-39(55)49(29-35(53)41(56)45(36(54)30-51)66-48-44(59)43(58)42(57)37(31-52)65-48)27-19-16-13-14-17-20-28-50-46(60)33-23-21-22-32-38(67(62,63)64)26-25-34(40(32)33)47(50)61;/h21-23,25-26,35-37,41-45,48,51-54,56-59H,2-20,24,27-31H2,1H3,(H,62,63,64);/q;+1/p-1/t35-,36+,37+,41+,42-,43-,44+,45+,48-;/m0./s1. The van der Waals surface area contributed by atoms with E-state index in [1.54, 1.807) is 0 Å². The summed E-state index contributed by atoms with van der Waals surface area (Å²) in [7, 11) is -4.85. The van der Waals surface area contributed by atoms with E-state index in [1.807, 2.05) is 0 Å². The summed E-state index contributed by atoms with van der Waals surface area (Å²) in [6.45, 7) is 0.486. The number of rotatable bonds is 33. The minimum absolute atomic E-state index is 0. The van der Waals surface area contributed by atoms with Crippen LogP contribution in [-0.4, -0.2) is 169 Å². The van der Waals surface area contributed by atoms with Crippen LogP contribution in [0.15, 0.2) is 35.2 Å². The Morgan fingerprint density at radius 2 is 1.29 bits per heavy atom. The number of aliphatic hydroxyl groups is 8. The molecule has 0 aliphatic carbocycles. The largest absolute Gasteiger partial charge is 1.00 e. The number of benzene rings is 2. The number of carbonyl (C=O) groups excluding carboxylic acids is 3. The van der Waals surface area contributed by atoms with Crippen LogP contribution in [0.3, 0.4) is 0 Å². The van der Waals surface area contributed by atoms with Crippen LogP contribution in [0.5, 0.6) is 0 Å². The summed E-state index contributed by atoms with van der Waals surface area (Å²) in [6, 6.07) is 6.72. The Hall–Kier alpha value is -2.18. The van der Waals surface area contributed by atoms with E-state index in [2.05, 4.69) is 6.92 Å². The Kier molecular flexibility index (Phi) is 27.1. The molecular formula is C48H75N2NaO16S. The molecule has 3 amide bonds. The first-order valence-corrected chi connectivity index (χ1v) is 25.7. The molecule has 0 unspecified atom stereocenters. The summed E-state index contributed by atoms with van der Waals surface area (Å²) in [6.07, 6.45) is 3.01. The maximum absolute atomic E-state index is 13.6. The van der Waals surface area contributed by atoms with Crippen molar-refractivity contribution in [2.24, 2.45) is 0 Å². The average Bonchev–Trinajstić information content (AvgIpc) is 3.31. The third kappa shape index (κ3) is 17.3. The van der Waals surface area contributed by atoms with Crippen LogP contribution >= 0.6 is 0 Å². The molecule has 1 saturated heterocycles. The molecule has 0 aromatic heterocycles. The zero-order valence-electron chi connectivity index (χ0n) is 39.9. The van der Waals surface area contributed by atoms with E-state index in [-0.39, 0.29) is 83.4 Å². The molecule has 20 heteroatoms. The monoisotopic (exact) mass is 990 g/mol. The predicted octanol–water partition coefficient (Wildman–Crippen LogP) is 0.255. The van der Waals surface area contributed by atoms with Crippen LogP contribution < -0.4 is 29.6 Å². The molecule has 2 aliphatic rings. The fraction of sp³-hybridized carbons (Fsp3) is 0.729. The molecule has 1 fully saturated rings.